The minimum atomic E-state index is 0.465. The van der Waals surface area contributed by atoms with Crippen molar-refractivity contribution in [1.82, 2.24) is 4.90 Å². The van der Waals surface area contributed by atoms with E-state index in [1.807, 2.05) is 7.11 Å². The van der Waals surface area contributed by atoms with Crippen LogP contribution in [0.1, 0.15) is 51.4 Å². The molecule has 0 bridgehead atoms. The van der Waals surface area contributed by atoms with Crippen LogP contribution >= 0.6 is 0 Å². The molecule has 2 N–H and O–H groups in total. The van der Waals surface area contributed by atoms with E-state index >= 15 is 0 Å². The van der Waals surface area contributed by atoms with Crippen molar-refractivity contribution in [1.29, 1.82) is 0 Å². The number of methoxy groups -OCH3 is 1. The molecule has 0 amide bonds. The number of ether oxygens (including phenoxy) is 1. The van der Waals surface area contributed by atoms with Gasteiger partial charge in [-0.2, -0.15) is 0 Å². The zero-order valence-electron chi connectivity index (χ0n) is 12.7. The normalized spacial score (nSPS) is 28.4. The van der Waals surface area contributed by atoms with E-state index in [0.717, 1.165) is 19.1 Å². The summed E-state index contributed by atoms with van der Waals surface area (Å²) < 4.78 is 5.32. The Labute approximate surface area is 118 Å². The number of nitrogens with two attached hydrogens (primary N) is 1. The van der Waals surface area contributed by atoms with E-state index in [9.17, 15) is 0 Å². The van der Waals surface area contributed by atoms with Crippen LogP contribution in [0, 0.1) is 11.3 Å². The highest BCUT2D eigenvalue weighted by Gasteiger charge is 2.31. The van der Waals surface area contributed by atoms with Crippen LogP contribution in [0.25, 0.3) is 0 Å². The molecule has 112 valence electrons. The second kappa shape index (κ2) is 7.61. The maximum atomic E-state index is 6.09. The predicted molar refractivity (Wildman–Crippen MR) is 80.2 cm³/mol. The van der Waals surface area contributed by atoms with Gasteiger partial charge < -0.3 is 15.4 Å². The minimum absolute atomic E-state index is 0.465. The van der Waals surface area contributed by atoms with Crippen molar-refractivity contribution in [2.24, 2.45) is 17.1 Å². The molecule has 0 aromatic carbocycles. The van der Waals surface area contributed by atoms with Crippen molar-refractivity contribution in [3.8, 4) is 0 Å². The summed E-state index contributed by atoms with van der Waals surface area (Å²) >= 11 is 0. The molecule has 1 atom stereocenters. The lowest BCUT2D eigenvalue weighted by atomic mass is 9.72. The molecule has 1 heterocycles. The Morgan fingerprint density at radius 1 is 1.21 bits per heavy atom. The summed E-state index contributed by atoms with van der Waals surface area (Å²) in [6.07, 6.45) is 10.9. The van der Waals surface area contributed by atoms with Gasteiger partial charge in [-0.15, -0.1) is 0 Å². The van der Waals surface area contributed by atoms with E-state index in [1.54, 1.807) is 0 Å². The molecular formula is C16H32N2O. The fraction of sp³-hybridized carbons (Fsp3) is 1.00. The first-order chi connectivity index (χ1) is 9.28. The third-order valence-corrected chi connectivity index (χ3v) is 5.31. The van der Waals surface area contributed by atoms with Crippen LogP contribution in [0.2, 0.25) is 0 Å². The lowest BCUT2D eigenvalue weighted by Gasteiger charge is -2.39. The number of nitrogens with zero attached hydrogens (tertiary/aromatic N) is 1. The maximum Gasteiger partial charge on any atom is 0.0502 e. The van der Waals surface area contributed by atoms with E-state index in [4.69, 9.17) is 10.5 Å². The van der Waals surface area contributed by atoms with Crippen molar-refractivity contribution in [3.63, 3.8) is 0 Å². The Bertz CT molecular complexity index is 249. The van der Waals surface area contributed by atoms with Crippen molar-refractivity contribution >= 4 is 0 Å². The van der Waals surface area contributed by atoms with Crippen LogP contribution in [0.4, 0.5) is 0 Å². The Morgan fingerprint density at radius 3 is 2.68 bits per heavy atom. The van der Waals surface area contributed by atoms with Gasteiger partial charge in [0.25, 0.3) is 0 Å². The lowest BCUT2D eigenvalue weighted by Crippen LogP contribution is -2.41. The van der Waals surface area contributed by atoms with Gasteiger partial charge in [0, 0.05) is 13.7 Å². The molecule has 1 aliphatic carbocycles. The second-order valence-corrected chi connectivity index (χ2v) is 6.78. The van der Waals surface area contributed by atoms with Gasteiger partial charge in [0.05, 0.1) is 6.61 Å². The van der Waals surface area contributed by atoms with Gasteiger partial charge in [0.15, 0.2) is 0 Å². The van der Waals surface area contributed by atoms with Gasteiger partial charge in [-0.25, -0.2) is 0 Å². The van der Waals surface area contributed by atoms with Gasteiger partial charge in [-0.1, -0.05) is 19.3 Å². The first-order valence-electron chi connectivity index (χ1n) is 8.19. The largest absolute Gasteiger partial charge is 0.384 e. The average Bonchev–Trinajstić information content (AvgIpc) is 2.47. The highest BCUT2D eigenvalue weighted by Crippen LogP contribution is 2.38. The van der Waals surface area contributed by atoms with Crippen LogP contribution in [0.15, 0.2) is 0 Å². The molecule has 2 aliphatic rings. The topological polar surface area (TPSA) is 38.5 Å². The van der Waals surface area contributed by atoms with Crippen LogP contribution in [0.3, 0.4) is 0 Å². The third-order valence-electron chi connectivity index (χ3n) is 5.31. The summed E-state index contributed by atoms with van der Waals surface area (Å²) in [6.45, 7) is 5.58. The van der Waals surface area contributed by atoms with Crippen molar-refractivity contribution < 1.29 is 4.74 Å². The van der Waals surface area contributed by atoms with Crippen molar-refractivity contribution in [3.05, 3.63) is 0 Å². The van der Waals surface area contributed by atoms with Crippen molar-refractivity contribution in [2.45, 2.75) is 51.4 Å². The third kappa shape index (κ3) is 4.44. The average molecular weight is 268 g/mol. The molecule has 2 rings (SSSR count). The summed E-state index contributed by atoms with van der Waals surface area (Å²) in [7, 11) is 1.82. The molecular weight excluding hydrogens is 236 g/mol. The van der Waals surface area contributed by atoms with Gasteiger partial charge in [0.2, 0.25) is 0 Å². The predicted octanol–water partition coefficient (Wildman–Crippen LogP) is 2.64. The van der Waals surface area contributed by atoms with E-state index in [0.29, 0.717) is 5.41 Å². The highest BCUT2D eigenvalue weighted by atomic mass is 16.5. The highest BCUT2D eigenvalue weighted by molar-refractivity contribution is 4.85. The Balaban J connectivity index is 1.76. The zero-order chi connectivity index (χ0) is 13.6. The van der Waals surface area contributed by atoms with Gasteiger partial charge in [0.1, 0.15) is 0 Å². The van der Waals surface area contributed by atoms with Crippen molar-refractivity contribution in [2.75, 3.05) is 39.9 Å². The summed E-state index contributed by atoms with van der Waals surface area (Å²) in [5.41, 5.74) is 6.56. The fourth-order valence-corrected chi connectivity index (χ4v) is 3.98. The molecule has 19 heavy (non-hydrogen) atoms. The number of hydrogen-bond donors (Lipinski definition) is 1. The first kappa shape index (κ1) is 15.3. The molecule has 1 unspecified atom stereocenters. The summed E-state index contributed by atoms with van der Waals surface area (Å²) in [6, 6.07) is 0. The quantitative estimate of drug-likeness (QED) is 0.805. The second-order valence-electron chi connectivity index (χ2n) is 6.78. The molecule has 0 radical (unpaired) electrons. The van der Waals surface area contributed by atoms with Crippen LogP contribution in [-0.2, 0) is 4.74 Å². The minimum Gasteiger partial charge on any atom is -0.384 e. The molecule has 1 saturated heterocycles. The number of likely N-dealkylation sites (tertiary alicyclic amines) is 1. The molecule has 1 saturated carbocycles. The van der Waals surface area contributed by atoms with Crippen LogP contribution in [0.5, 0.6) is 0 Å². The lowest BCUT2D eigenvalue weighted by molar-refractivity contribution is 0.0761. The molecule has 0 aromatic rings. The van der Waals surface area contributed by atoms with Gasteiger partial charge in [-0.3, -0.25) is 0 Å². The Morgan fingerprint density at radius 2 is 2.00 bits per heavy atom. The number of hydrogen-bond acceptors (Lipinski definition) is 3. The maximum absolute atomic E-state index is 6.09. The molecule has 3 heteroatoms. The molecule has 2 fully saturated rings. The number of rotatable bonds is 6. The van der Waals surface area contributed by atoms with E-state index in [1.165, 1.54) is 71.0 Å². The monoisotopic (exact) mass is 268 g/mol. The standard InChI is InChI=1S/C16H32N2O/c1-19-13-15-6-5-10-18(12-15)11-9-16(14-17)7-3-2-4-8-16/h15H,2-14,17H2,1H3. The van der Waals surface area contributed by atoms with Gasteiger partial charge in [-0.05, 0) is 63.1 Å². The summed E-state index contributed by atoms with van der Waals surface area (Å²) in [4.78, 5) is 2.65. The zero-order valence-corrected chi connectivity index (χ0v) is 12.7. The molecule has 1 aliphatic heterocycles. The summed E-state index contributed by atoms with van der Waals surface area (Å²) in [5, 5.41) is 0. The smallest absolute Gasteiger partial charge is 0.0502 e. The SMILES string of the molecule is COCC1CCCN(CCC2(CN)CCCCC2)C1. The molecule has 0 spiro atoms. The Hall–Kier alpha value is -0.120. The summed E-state index contributed by atoms with van der Waals surface area (Å²) in [5.74, 6) is 0.749. The van der Waals surface area contributed by atoms with E-state index in [-0.39, 0.29) is 0 Å². The molecule has 3 nitrogen and oxygen atoms in total. The first-order valence-corrected chi connectivity index (χ1v) is 8.19. The van der Waals surface area contributed by atoms with Crippen LogP contribution < -0.4 is 5.73 Å². The number of piperidine rings is 1. The van der Waals surface area contributed by atoms with Gasteiger partial charge >= 0.3 is 0 Å². The van der Waals surface area contributed by atoms with E-state index < -0.39 is 0 Å². The fourth-order valence-electron chi connectivity index (χ4n) is 3.98. The van der Waals surface area contributed by atoms with E-state index in [2.05, 4.69) is 4.90 Å². The Kier molecular flexibility index (Phi) is 6.11. The molecule has 0 aromatic heterocycles. The van der Waals surface area contributed by atoms with Crippen LogP contribution in [-0.4, -0.2) is 44.8 Å².